The number of ether oxygens (including phenoxy) is 2. The largest absolute Gasteiger partial charge is 0.461 e. The van der Waals surface area contributed by atoms with Crippen LogP contribution in [0, 0.1) is 5.82 Å². The molecule has 6 nitrogen and oxygen atoms in total. The summed E-state index contributed by atoms with van der Waals surface area (Å²) in [6, 6.07) is 13.6. The Bertz CT molecular complexity index is 1030. The van der Waals surface area contributed by atoms with Crippen molar-refractivity contribution in [3.05, 3.63) is 76.8 Å². The van der Waals surface area contributed by atoms with Crippen LogP contribution in [-0.2, 0) is 21.6 Å². The molecule has 2 unspecified atom stereocenters. The van der Waals surface area contributed by atoms with Crippen molar-refractivity contribution in [2.45, 2.75) is 23.4 Å². The summed E-state index contributed by atoms with van der Waals surface area (Å²) in [5, 5.41) is 4.61. The zero-order valence-corrected chi connectivity index (χ0v) is 16.3. The van der Waals surface area contributed by atoms with E-state index in [0.29, 0.717) is 15.7 Å². The summed E-state index contributed by atoms with van der Waals surface area (Å²) < 4.78 is 26.3. The molecule has 3 aromatic rings. The lowest BCUT2D eigenvalue weighted by molar-refractivity contribution is 0.200. The molecular weight excluding hydrogens is 405 g/mol. The SMILES string of the molecule is COC(=O)Sc1ncnn1CC1(c2cccc(F)c2)OC1c1ccccc1Cl. The van der Waals surface area contributed by atoms with Gasteiger partial charge in [0.2, 0.25) is 0 Å². The standard InChI is InChI=1S/C19H15ClFN3O3S/c1-26-18(25)28-17-22-11-23-24(17)10-19(12-5-4-6-13(21)9-12)16(27-19)14-7-2-3-8-15(14)20/h2-9,11,16H,10H2,1H3. The Morgan fingerprint density at radius 1 is 1.36 bits per heavy atom. The number of epoxide rings is 1. The molecule has 4 rings (SSSR count). The number of benzene rings is 2. The van der Waals surface area contributed by atoms with Gasteiger partial charge in [-0.15, -0.1) is 0 Å². The minimum Gasteiger partial charge on any atom is -0.461 e. The fourth-order valence-electron chi connectivity index (χ4n) is 3.14. The van der Waals surface area contributed by atoms with E-state index in [9.17, 15) is 9.18 Å². The topological polar surface area (TPSA) is 69.5 Å². The molecule has 0 N–H and O–H groups in total. The number of thioether (sulfide) groups is 1. The molecule has 0 amide bonds. The Morgan fingerprint density at radius 3 is 2.93 bits per heavy atom. The summed E-state index contributed by atoms with van der Waals surface area (Å²) >= 11 is 7.17. The Balaban J connectivity index is 1.72. The highest BCUT2D eigenvalue weighted by molar-refractivity contribution is 8.13. The van der Waals surface area contributed by atoms with E-state index in [-0.39, 0.29) is 18.5 Å². The Hall–Kier alpha value is -2.42. The van der Waals surface area contributed by atoms with Crippen molar-refractivity contribution in [2.24, 2.45) is 0 Å². The summed E-state index contributed by atoms with van der Waals surface area (Å²) in [4.78, 5) is 15.7. The van der Waals surface area contributed by atoms with Gasteiger partial charge in [-0.25, -0.2) is 18.9 Å². The van der Waals surface area contributed by atoms with E-state index in [2.05, 4.69) is 14.8 Å². The lowest BCUT2D eigenvalue weighted by Gasteiger charge is -2.15. The number of carbonyl (C=O) groups is 1. The van der Waals surface area contributed by atoms with Gasteiger partial charge in [-0.1, -0.05) is 41.9 Å². The van der Waals surface area contributed by atoms with E-state index < -0.39 is 10.9 Å². The second-order valence-corrected chi connectivity index (χ2v) is 7.49. The number of nitrogens with zero attached hydrogens (tertiary/aromatic N) is 3. The smallest absolute Gasteiger partial charge is 0.374 e. The van der Waals surface area contributed by atoms with Crippen LogP contribution in [0.2, 0.25) is 5.02 Å². The minimum absolute atomic E-state index is 0.228. The number of methoxy groups -OCH3 is 1. The Kier molecular flexibility index (Phi) is 5.09. The second-order valence-electron chi connectivity index (χ2n) is 6.18. The maximum atomic E-state index is 13.9. The number of hydrogen-bond donors (Lipinski definition) is 0. The average molecular weight is 420 g/mol. The van der Waals surface area contributed by atoms with Crippen molar-refractivity contribution >= 4 is 28.7 Å². The summed E-state index contributed by atoms with van der Waals surface area (Å²) in [5.41, 5.74) is 0.573. The van der Waals surface area contributed by atoms with Gasteiger partial charge in [0, 0.05) is 22.3 Å². The first kappa shape index (κ1) is 18.9. The van der Waals surface area contributed by atoms with E-state index in [0.717, 1.165) is 17.3 Å². The molecular formula is C19H15ClFN3O3S. The van der Waals surface area contributed by atoms with Crippen LogP contribution in [0.1, 0.15) is 17.2 Å². The second kappa shape index (κ2) is 7.54. The first-order valence-corrected chi connectivity index (χ1v) is 9.55. The third-order valence-corrected chi connectivity index (χ3v) is 5.68. The molecule has 1 aliphatic heterocycles. The van der Waals surface area contributed by atoms with Crippen molar-refractivity contribution in [1.29, 1.82) is 0 Å². The number of rotatable bonds is 5. The van der Waals surface area contributed by atoms with Crippen LogP contribution in [0.5, 0.6) is 0 Å². The highest BCUT2D eigenvalue weighted by atomic mass is 35.5. The van der Waals surface area contributed by atoms with Gasteiger partial charge in [-0.3, -0.25) is 0 Å². The molecule has 9 heteroatoms. The number of halogens is 2. The van der Waals surface area contributed by atoms with Gasteiger partial charge in [0.05, 0.1) is 13.7 Å². The van der Waals surface area contributed by atoms with Crippen molar-refractivity contribution in [2.75, 3.05) is 7.11 Å². The van der Waals surface area contributed by atoms with Crippen LogP contribution < -0.4 is 0 Å². The highest BCUT2D eigenvalue weighted by Crippen LogP contribution is 2.59. The van der Waals surface area contributed by atoms with Gasteiger partial charge < -0.3 is 9.47 Å². The maximum absolute atomic E-state index is 13.9. The predicted molar refractivity (Wildman–Crippen MR) is 102 cm³/mol. The van der Waals surface area contributed by atoms with Gasteiger partial charge in [-0.2, -0.15) is 5.10 Å². The van der Waals surface area contributed by atoms with E-state index in [1.165, 1.54) is 25.6 Å². The Labute approximate surface area is 169 Å². The zero-order valence-electron chi connectivity index (χ0n) is 14.7. The van der Waals surface area contributed by atoms with E-state index in [1.54, 1.807) is 22.9 Å². The third kappa shape index (κ3) is 3.50. The van der Waals surface area contributed by atoms with Gasteiger partial charge in [0.1, 0.15) is 23.8 Å². The van der Waals surface area contributed by atoms with Crippen LogP contribution in [0.15, 0.2) is 60.0 Å². The minimum atomic E-state index is -0.883. The van der Waals surface area contributed by atoms with Gasteiger partial charge in [0.25, 0.3) is 0 Å². The molecule has 2 aromatic carbocycles. The number of aromatic nitrogens is 3. The van der Waals surface area contributed by atoms with Crippen molar-refractivity contribution in [1.82, 2.24) is 14.8 Å². The normalized spacial score (nSPS) is 20.8. The quantitative estimate of drug-likeness (QED) is 0.342. The van der Waals surface area contributed by atoms with E-state index >= 15 is 0 Å². The molecule has 1 fully saturated rings. The number of hydrogen-bond acceptors (Lipinski definition) is 6. The highest BCUT2D eigenvalue weighted by Gasteiger charge is 2.60. The van der Waals surface area contributed by atoms with Gasteiger partial charge in [-0.05, 0) is 23.8 Å². The molecule has 144 valence electrons. The fourth-order valence-corrected chi connectivity index (χ4v) is 3.93. The molecule has 2 heterocycles. The van der Waals surface area contributed by atoms with Crippen molar-refractivity contribution in [3.63, 3.8) is 0 Å². The van der Waals surface area contributed by atoms with Crippen LogP contribution >= 0.6 is 23.4 Å². The molecule has 2 atom stereocenters. The molecule has 0 radical (unpaired) electrons. The Morgan fingerprint density at radius 2 is 2.18 bits per heavy atom. The predicted octanol–water partition coefficient (Wildman–Crippen LogP) is 4.60. The molecule has 1 aliphatic rings. The van der Waals surface area contributed by atoms with Crippen LogP contribution in [0.3, 0.4) is 0 Å². The van der Waals surface area contributed by atoms with E-state index in [4.69, 9.17) is 16.3 Å². The van der Waals surface area contributed by atoms with Gasteiger partial charge >= 0.3 is 5.30 Å². The lowest BCUT2D eigenvalue weighted by Crippen LogP contribution is -2.21. The van der Waals surface area contributed by atoms with Crippen LogP contribution in [0.25, 0.3) is 0 Å². The van der Waals surface area contributed by atoms with Gasteiger partial charge in [0.15, 0.2) is 5.16 Å². The van der Waals surface area contributed by atoms with Crippen LogP contribution in [-0.4, -0.2) is 27.2 Å². The molecule has 1 aromatic heterocycles. The zero-order chi connectivity index (χ0) is 19.7. The summed E-state index contributed by atoms with van der Waals surface area (Å²) in [6.45, 7) is 0.228. The maximum Gasteiger partial charge on any atom is 0.374 e. The molecule has 0 saturated carbocycles. The first-order chi connectivity index (χ1) is 13.5. The van der Waals surface area contributed by atoms with Crippen LogP contribution in [0.4, 0.5) is 9.18 Å². The summed E-state index contributed by atoms with van der Waals surface area (Å²) in [7, 11) is 1.29. The molecule has 1 saturated heterocycles. The number of carbonyl (C=O) groups excluding carboxylic acids is 1. The molecule has 0 aliphatic carbocycles. The van der Waals surface area contributed by atoms with E-state index in [1.807, 2.05) is 18.2 Å². The third-order valence-electron chi connectivity index (χ3n) is 4.50. The molecule has 28 heavy (non-hydrogen) atoms. The monoisotopic (exact) mass is 419 g/mol. The lowest BCUT2D eigenvalue weighted by atomic mass is 9.91. The molecule has 0 spiro atoms. The average Bonchev–Trinajstić information content (AvgIpc) is 3.26. The summed E-state index contributed by atoms with van der Waals surface area (Å²) in [6.07, 6.45) is 0.959. The summed E-state index contributed by atoms with van der Waals surface area (Å²) in [5.74, 6) is -0.368. The van der Waals surface area contributed by atoms with Crippen molar-refractivity contribution < 1.29 is 18.7 Å². The fraction of sp³-hybridized carbons (Fsp3) is 0.211. The molecule has 0 bridgehead atoms. The van der Waals surface area contributed by atoms with Crippen molar-refractivity contribution in [3.8, 4) is 0 Å². The first-order valence-electron chi connectivity index (χ1n) is 8.35.